The van der Waals surface area contributed by atoms with Crippen LogP contribution in [-0.4, -0.2) is 30.4 Å². The number of hydrogen-bond acceptors (Lipinski definition) is 4. The molecule has 0 saturated carbocycles. The fraction of sp³-hybridized carbons (Fsp3) is 0.368. The van der Waals surface area contributed by atoms with Gasteiger partial charge in [-0.1, -0.05) is 36.4 Å². The van der Waals surface area contributed by atoms with Gasteiger partial charge in [0.05, 0.1) is 18.8 Å². The average molecular weight is 309 g/mol. The first-order valence-corrected chi connectivity index (χ1v) is 8.20. The summed E-state index contributed by atoms with van der Waals surface area (Å²) < 4.78 is 11.7. The lowest BCUT2D eigenvalue weighted by Crippen LogP contribution is -2.58. The molecule has 0 radical (unpaired) electrons. The molecule has 2 bridgehead atoms. The molecule has 0 spiro atoms. The normalized spacial score (nSPS) is 30.8. The predicted molar refractivity (Wildman–Crippen MR) is 88.4 cm³/mol. The van der Waals surface area contributed by atoms with Gasteiger partial charge in [0.15, 0.2) is 0 Å². The molecule has 2 saturated heterocycles. The number of ether oxygens (including phenoxy) is 1. The Balaban J connectivity index is 1.70. The summed E-state index contributed by atoms with van der Waals surface area (Å²) in [6, 6.07) is 14.5. The Morgan fingerprint density at radius 2 is 1.70 bits per heavy atom. The summed E-state index contributed by atoms with van der Waals surface area (Å²) >= 11 is 0. The molecule has 1 aromatic heterocycles. The van der Waals surface area contributed by atoms with Crippen LogP contribution in [0.2, 0.25) is 0 Å². The third-order valence-electron chi connectivity index (χ3n) is 5.18. The van der Waals surface area contributed by atoms with Crippen molar-refractivity contribution in [1.82, 2.24) is 5.32 Å². The Bertz CT molecular complexity index is 873. The third-order valence-corrected chi connectivity index (χ3v) is 5.18. The van der Waals surface area contributed by atoms with E-state index in [4.69, 9.17) is 9.15 Å². The molecule has 0 amide bonds. The maximum Gasteiger partial charge on any atom is 0.141 e. The molecule has 3 aromatic rings. The zero-order valence-electron chi connectivity index (χ0n) is 12.8. The Hall–Kier alpha value is -1.88. The highest BCUT2D eigenvalue weighted by atomic mass is 16.5. The van der Waals surface area contributed by atoms with Crippen LogP contribution in [0.5, 0.6) is 0 Å². The summed E-state index contributed by atoms with van der Waals surface area (Å²) in [4.78, 5) is 0. The number of hydrogen-bond donors (Lipinski definition) is 2. The van der Waals surface area contributed by atoms with Crippen molar-refractivity contribution in [1.29, 1.82) is 0 Å². The van der Waals surface area contributed by atoms with Gasteiger partial charge in [-0.25, -0.2) is 0 Å². The highest BCUT2D eigenvalue weighted by molar-refractivity contribution is 6.06. The van der Waals surface area contributed by atoms with E-state index in [9.17, 15) is 5.11 Å². The number of aliphatic hydroxyl groups is 1. The number of fused-ring (bicyclic) bond motifs is 5. The van der Waals surface area contributed by atoms with Crippen molar-refractivity contribution in [3.8, 4) is 0 Å². The summed E-state index contributed by atoms with van der Waals surface area (Å²) in [5.41, 5.74) is 1.73. The Kier molecular flexibility index (Phi) is 2.83. The molecular weight excluding hydrogens is 290 g/mol. The van der Waals surface area contributed by atoms with Crippen molar-refractivity contribution in [2.24, 2.45) is 0 Å². The topological polar surface area (TPSA) is 54.6 Å². The highest BCUT2D eigenvalue weighted by Gasteiger charge is 2.43. The molecular formula is C19H19NO3. The summed E-state index contributed by atoms with van der Waals surface area (Å²) in [5, 5.41) is 17.1. The number of piperidine rings is 1. The van der Waals surface area contributed by atoms with Crippen LogP contribution in [0.15, 0.2) is 46.9 Å². The summed E-state index contributed by atoms with van der Waals surface area (Å²) in [6.45, 7) is 1.32. The van der Waals surface area contributed by atoms with Gasteiger partial charge in [0.1, 0.15) is 11.2 Å². The van der Waals surface area contributed by atoms with Gasteiger partial charge in [-0.15, -0.1) is 0 Å². The molecule has 2 atom stereocenters. The minimum absolute atomic E-state index is 0.201. The molecule has 2 aromatic carbocycles. The van der Waals surface area contributed by atoms with Gasteiger partial charge in [0, 0.05) is 28.4 Å². The van der Waals surface area contributed by atoms with E-state index in [2.05, 4.69) is 17.4 Å². The number of benzene rings is 2. The fourth-order valence-corrected chi connectivity index (χ4v) is 4.25. The van der Waals surface area contributed by atoms with Gasteiger partial charge in [0.25, 0.3) is 0 Å². The summed E-state index contributed by atoms with van der Waals surface area (Å²) in [6.07, 6.45) is 1.30. The molecule has 0 aliphatic carbocycles. The lowest BCUT2D eigenvalue weighted by atomic mass is 9.77. The number of nitrogens with one attached hydrogen (secondary N) is 1. The lowest BCUT2D eigenvalue weighted by molar-refractivity contribution is -0.0798. The van der Waals surface area contributed by atoms with Crippen LogP contribution in [0.25, 0.3) is 21.9 Å². The number of rotatable bonds is 1. The van der Waals surface area contributed by atoms with Crippen LogP contribution in [0.3, 0.4) is 0 Å². The first-order chi connectivity index (χ1) is 11.2. The molecule has 2 N–H and O–H groups in total. The molecule has 2 unspecified atom stereocenters. The van der Waals surface area contributed by atoms with E-state index in [0.29, 0.717) is 26.1 Å². The molecule has 2 fully saturated rings. The minimum atomic E-state index is -0.863. The fourth-order valence-electron chi connectivity index (χ4n) is 4.25. The van der Waals surface area contributed by atoms with Crippen molar-refractivity contribution < 1.29 is 14.3 Å². The summed E-state index contributed by atoms with van der Waals surface area (Å²) in [7, 11) is 0. The largest absolute Gasteiger partial charge is 0.456 e. The van der Waals surface area contributed by atoms with Crippen LogP contribution in [0, 0.1) is 0 Å². The first-order valence-electron chi connectivity index (χ1n) is 8.20. The van der Waals surface area contributed by atoms with Gasteiger partial charge in [-0.3, -0.25) is 0 Å². The van der Waals surface area contributed by atoms with Gasteiger partial charge in [-0.2, -0.15) is 0 Å². The van der Waals surface area contributed by atoms with E-state index in [-0.39, 0.29) is 12.1 Å². The second kappa shape index (κ2) is 4.81. The van der Waals surface area contributed by atoms with Crippen LogP contribution >= 0.6 is 0 Å². The molecule has 2 aliphatic rings. The zero-order valence-corrected chi connectivity index (χ0v) is 12.8. The Morgan fingerprint density at radius 3 is 2.52 bits per heavy atom. The van der Waals surface area contributed by atoms with Gasteiger partial charge in [0.2, 0.25) is 0 Å². The highest BCUT2D eigenvalue weighted by Crippen LogP contribution is 2.42. The Labute approximate surface area is 134 Å². The van der Waals surface area contributed by atoms with Gasteiger partial charge < -0.3 is 19.6 Å². The van der Waals surface area contributed by atoms with Crippen molar-refractivity contribution >= 4 is 21.9 Å². The molecule has 4 heteroatoms. The van der Waals surface area contributed by atoms with Crippen LogP contribution in [0.1, 0.15) is 18.4 Å². The van der Waals surface area contributed by atoms with Gasteiger partial charge in [-0.05, 0) is 18.9 Å². The zero-order chi connectivity index (χ0) is 15.4. The number of furan rings is 1. The second-order valence-electron chi connectivity index (χ2n) is 6.82. The van der Waals surface area contributed by atoms with Crippen LogP contribution in [-0.2, 0) is 10.3 Å². The van der Waals surface area contributed by atoms with Crippen molar-refractivity contribution in [3.05, 3.63) is 48.0 Å². The molecule has 5 rings (SSSR count). The van der Waals surface area contributed by atoms with E-state index in [1.165, 1.54) is 0 Å². The van der Waals surface area contributed by atoms with E-state index < -0.39 is 5.60 Å². The van der Waals surface area contributed by atoms with E-state index in [0.717, 1.165) is 27.5 Å². The molecule has 4 nitrogen and oxygen atoms in total. The van der Waals surface area contributed by atoms with E-state index in [1.54, 1.807) is 0 Å². The third kappa shape index (κ3) is 2.02. The molecule has 2 aliphatic heterocycles. The van der Waals surface area contributed by atoms with Crippen molar-refractivity contribution in [2.45, 2.75) is 30.5 Å². The second-order valence-corrected chi connectivity index (χ2v) is 6.82. The summed E-state index contributed by atoms with van der Waals surface area (Å²) in [5.74, 6) is 0. The predicted octanol–water partition coefficient (Wildman–Crippen LogP) is 2.92. The van der Waals surface area contributed by atoms with Crippen molar-refractivity contribution in [2.75, 3.05) is 13.2 Å². The average Bonchev–Trinajstić information content (AvgIpc) is 2.93. The molecule has 23 heavy (non-hydrogen) atoms. The molecule has 3 heterocycles. The molecule has 118 valence electrons. The minimum Gasteiger partial charge on any atom is -0.456 e. The Morgan fingerprint density at radius 1 is 0.957 bits per heavy atom. The maximum absolute atomic E-state index is 11.4. The van der Waals surface area contributed by atoms with E-state index >= 15 is 0 Å². The quantitative estimate of drug-likeness (QED) is 0.726. The maximum atomic E-state index is 11.4. The number of morpholine rings is 1. The lowest BCUT2D eigenvalue weighted by Gasteiger charge is -2.45. The van der Waals surface area contributed by atoms with Crippen LogP contribution < -0.4 is 5.32 Å². The standard InChI is InChI=1S/C19H19NO3/c21-19(8-12-10-22-11-13(9-19)20-12)16-6-3-5-15-14-4-1-2-7-17(14)23-18(15)16/h1-7,12-13,20-21H,8-11H2. The van der Waals surface area contributed by atoms with Gasteiger partial charge >= 0.3 is 0 Å². The first kappa shape index (κ1) is 13.5. The van der Waals surface area contributed by atoms with E-state index in [1.807, 2.05) is 30.3 Å². The number of para-hydroxylation sites is 2. The SMILES string of the molecule is OC1(c2cccc3c2oc2ccccc23)CC2COCC(C1)N2. The van der Waals surface area contributed by atoms with Crippen LogP contribution in [0.4, 0.5) is 0 Å². The van der Waals surface area contributed by atoms with Crippen molar-refractivity contribution in [3.63, 3.8) is 0 Å². The smallest absolute Gasteiger partial charge is 0.141 e. The monoisotopic (exact) mass is 309 g/mol.